The number of amides is 2. The maximum Gasteiger partial charge on any atom is 0.237 e. The van der Waals surface area contributed by atoms with Gasteiger partial charge in [-0.2, -0.15) is 0 Å². The molecule has 1 unspecified atom stereocenters. The van der Waals surface area contributed by atoms with Crippen LogP contribution in [0.2, 0.25) is 0 Å². The summed E-state index contributed by atoms with van der Waals surface area (Å²) in [4.78, 5) is 25.3. The number of rotatable bonds is 2. The van der Waals surface area contributed by atoms with Crippen molar-refractivity contribution in [3.05, 3.63) is 0 Å². The standard InChI is InChI=1S/C11H19N3O2.ClH/c15-10(14-6-2-1-3-7-14)8-9-11(16)13-5-4-12-9;/h9,12H,1-8H2,(H,13,16);1H. The Morgan fingerprint density at radius 3 is 2.59 bits per heavy atom. The van der Waals surface area contributed by atoms with E-state index in [1.54, 1.807) is 0 Å². The van der Waals surface area contributed by atoms with Gasteiger partial charge in [0.15, 0.2) is 0 Å². The zero-order valence-corrected chi connectivity index (χ0v) is 10.7. The summed E-state index contributed by atoms with van der Waals surface area (Å²) in [6.07, 6.45) is 3.70. The molecule has 6 heteroatoms. The summed E-state index contributed by atoms with van der Waals surface area (Å²) in [5.74, 6) is 0.0610. The van der Waals surface area contributed by atoms with Crippen LogP contribution in [-0.2, 0) is 9.59 Å². The van der Waals surface area contributed by atoms with Crippen molar-refractivity contribution in [2.24, 2.45) is 0 Å². The van der Waals surface area contributed by atoms with E-state index < -0.39 is 0 Å². The maximum atomic E-state index is 11.9. The van der Waals surface area contributed by atoms with Crippen LogP contribution in [0.25, 0.3) is 0 Å². The van der Waals surface area contributed by atoms with E-state index in [1.165, 1.54) is 6.42 Å². The van der Waals surface area contributed by atoms with Gasteiger partial charge in [-0.05, 0) is 19.3 Å². The topological polar surface area (TPSA) is 61.4 Å². The van der Waals surface area contributed by atoms with Crippen molar-refractivity contribution in [3.8, 4) is 0 Å². The van der Waals surface area contributed by atoms with Crippen LogP contribution in [0.15, 0.2) is 0 Å². The summed E-state index contributed by atoms with van der Waals surface area (Å²) in [5.41, 5.74) is 0. The molecule has 2 amide bonds. The zero-order valence-electron chi connectivity index (χ0n) is 9.91. The summed E-state index contributed by atoms with van der Waals surface area (Å²) in [6, 6.07) is -0.330. The van der Waals surface area contributed by atoms with Crippen molar-refractivity contribution < 1.29 is 9.59 Å². The minimum Gasteiger partial charge on any atom is -0.353 e. The molecule has 1 atom stereocenters. The molecule has 2 saturated heterocycles. The molecular formula is C11H20ClN3O2. The molecule has 17 heavy (non-hydrogen) atoms. The first-order valence-corrected chi connectivity index (χ1v) is 6.06. The molecule has 2 heterocycles. The predicted octanol–water partition coefficient (Wildman–Crippen LogP) is -0.101. The molecule has 2 aliphatic heterocycles. The zero-order chi connectivity index (χ0) is 11.4. The average Bonchev–Trinajstić information content (AvgIpc) is 2.33. The number of piperidine rings is 1. The Morgan fingerprint density at radius 1 is 1.24 bits per heavy atom. The van der Waals surface area contributed by atoms with E-state index in [9.17, 15) is 9.59 Å². The number of likely N-dealkylation sites (tertiary alicyclic amines) is 1. The molecule has 0 spiro atoms. The monoisotopic (exact) mass is 261 g/mol. The fourth-order valence-corrected chi connectivity index (χ4v) is 2.26. The van der Waals surface area contributed by atoms with Crippen LogP contribution < -0.4 is 10.6 Å². The highest BCUT2D eigenvalue weighted by molar-refractivity contribution is 5.88. The van der Waals surface area contributed by atoms with E-state index >= 15 is 0 Å². The van der Waals surface area contributed by atoms with Crippen LogP contribution in [0.4, 0.5) is 0 Å². The van der Waals surface area contributed by atoms with Gasteiger partial charge >= 0.3 is 0 Å². The maximum absolute atomic E-state index is 11.9. The van der Waals surface area contributed by atoms with Crippen molar-refractivity contribution in [2.75, 3.05) is 26.2 Å². The lowest BCUT2D eigenvalue weighted by Gasteiger charge is -2.29. The van der Waals surface area contributed by atoms with Gasteiger partial charge in [0.05, 0.1) is 12.5 Å². The van der Waals surface area contributed by atoms with Crippen LogP contribution in [0.1, 0.15) is 25.7 Å². The summed E-state index contributed by atoms with van der Waals surface area (Å²) < 4.78 is 0. The lowest BCUT2D eigenvalue weighted by atomic mass is 10.1. The number of nitrogens with zero attached hydrogens (tertiary/aromatic N) is 1. The molecule has 0 aromatic rings. The summed E-state index contributed by atoms with van der Waals surface area (Å²) in [5, 5.41) is 5.85. The van der Waals surface area contributed by atoms with E-state index in [0.717, 1.165) is 32.5 Å². The Labute approximate surface area is 108 Å². The molecule has 2 aliphatic rings. The molecule has 0 radical (unpaired) electrons. The highest BCUT2D eigenvalue weighted by atomic mass is 35.5. The molecule has 0 saturated carbocycles. The number of hydrogen-bond donors (Lipinski definition) is 2. The van der Waals surface area contributed by atoms with E-state index in [0.29, 0.717) is 13.0 Å². The second kappa shape index (κ2) is 6.81. The molecule has 0 aromatic heterocycles. The SMILES string of the molecule is Cl.O=C1NCCNC1CC(=O)N1CCCCC1. The third-order valence-electron chi connectivity index (χ3n) is 3.22. The van der Waals surface area contributed by atoms with Gasteiger partial charge in [0.1, 0.15) is 0 Å². The predicted molar refractivity (Wildman–Crippen MR) is 67.1 cm³/mol. The number of halogens is 1. The van der Waals surface area contributed by atoms with Crippen molar-refractivity contribution in [1.82, 2.24) is 15.5 Å². The Morgan fingerprint density at radius 2 is 1.94 bits per heavy atom. The van der Waals surface area contributed by atoms with Gasteiger partial charge in [0, 0.05) is 26.2 Å². The Bertz CT molecular complexity index is 280. The Balaban J connectivity index is 0.00000144. The van der Waals surface area contributed by atoms with E-state index in [1.807, 2.05) is 4.90 Å². The molecule has 0 aliphatic carbocycles. The molecule has 2 N–H and O–H groups in total. The van der Waals surface area contributed by atoms with Gasteiger partial charge in [0.2, 0.25) is 11.8 Å². The first kappa shape index (κ1) is 14.3. The molecule has 2 fully saturated rings. The molecule has 5 nitrogen and oxygen atoms in total. The third-order valence-corrected chi connectivity index (χ3v) is 3.22. The molecule has 0 bridgehead atoms. The minimum atomic E-state index is -0.330. The fraction of sp³-hybridized carbons (Fsp3) is 0.818. The lowest BCUT2D eigenvalue weighted by molar-refractivity contribution is -0.136. The smallest absolute Gasteiger partial charge is 0.237 e. The number of hydrogen-bond acceptors (Lipinski definition) is 3. The van der Waals surface area contributed by atoms with Crippen molar-refractivity contribution in [3.63, 3.8) is 0 Å². The van der Waals surface area contributed by atoms with E-state index in [-0.39, 0.29) is 30.3 Å². The number of carbonyl (C=O) groups is 2. The number of piperazine rings is 1. The number of nitrogens with one attached hydrogen (secondary N) is 2. The van der Waals surface area contributed by atoms with Crippen molar-refractivity contribution >= 4 is 24.2 Å². The quantitative estimate of drug-likeness (QED) is 0.730. The Hall–Kier alpha value is -0.810. The normalized spacial score (nSPS) is 24.8. The minimum absolute atomic E-state index is 0. The van der Waals surface area contributed by atoms with Gasteiger partial charge in [-0.25, -0.2) is 0 Å². The van der Waals surface area contributed by atoms with Crippen LogP contribution in [0, 0.1) is 0 Å². The van der Waals surface area contributed by atoms with Crippen LogP contribution in [0.3, 0.4) is 0 Å². The summed E-state index contributed by atoms with van der Waals surface area (Å²) in [7, 11) is 0. The van der Waals surface area contributed by atoms with Gasteiger partial charge in [0.25, 0.3) is 0 Å². The molecule has 98 valence electrons. The van der Waals surface area contributed by atoms with Gasteiger partial charge in [-0.3, -0.25) is 9.59 Å². The van der Waals surface area contributed by atoms with Gasteiger partial charge < -0.3 is 15.5 Å². The van der Waals surface area contributed by atoms with Crippen LogP contribution in [-0.4, -0.2) is 48.9 Å². The van der Waals surface area contributed by atoms with Gasteiger partial charge in [-0.1, -0.05) is 0 Å². The van der Waals surface area contributed by atoms with Crippen molar-refractivity contribution in [2.45, 2.75) is 31.7 Å². The van der Waals surface area contributed by atoms with E-state index in [2.05, 4.69) is 10.6 Å². The van der Waals surface area contributed by atoms with Gasteiger partial charge in [-0.15, -0.1) is 12.4 Å². The largest absolute Gasteiger partial charge is 0.353 e. The van der Waals surface area contributed by atoms with Crippen molar-refractivity contribution in [1.29, 1.82) is 0 Å². The third kappa shape index (κ3) is 3.85. The first-order valence-electron chi connectivity index (χ1n) is 6.06. The second-order valence-electron chi connectivity index (χ2n) is 4.44. The number of carbonyl (C=O) groups excluding carboxylic acids is 2. The Kier molecular flexibility index (Phi) is 5.71. The molecule has 2 rings (SSSR count). The molecular weight excluding hydrogens is 242 g/mol. The fourth-order valence-electron chi connectivity index (χ4n) is 2.26. The van der Waals surface area contributed by atoms with E-state index in [4.69, 9.17) is 0 Å². The highest BCUT2D eigenvalue weighted by Gasteiger charge is 2.26. The van der Waals surface area contributed by atoms with Crippen LogP contribution in [0.5, 0.6) is 0 Å². The summed E-state index contributed by atoms with van der Waals surface area (Å²) in [6.45, 7) is 3.12. The first-order chi connectivity index (χ1) is 7.77. The average molecular weight is 262 g/mol. The highest BCUT2D eigenvalue weighted by Crippen LogP contribution is 2.11. The lowest BCUT2D eigenvalue weighted by Crippen LogP contribution is -2.54. The van der Waals surface area contributed by atoms with Crippen LogP contribution >= 0.6 is 12.4 Å². The second-order valence-corrected chi connectivity index (χ2v) is 4.44. The molecule has 0 aromatic carbocycles. The summed E-state index contributed by atoms with van der Waals surface area (Å²) >= 11 is 0.